The lowest BCUT2D eigenvalue weighted by molar-refractivity contribution is 0.0696. The molecule has 1 aromatic carbocycles. The zero-order chi connectivity index (χ0) is 13.0. The van der Waals surface area contributed by atoms with Crippen LogP contribution in [-0.4, -0.2) is 16.1 Å². The Morgan fingerprint density at radius 3 is 2.78 bits per heavy atom. The first-order valence-corrected chi connectivity index (χ1v) is 6.99. The van der Waals surface area contributed by atoms with Gasteiger partial charge in [-0.05, 0) is 30.3 Å². The Balaban J connectivity index is 2.00. The first-order chi connectivity index (χ1) is 8.65. The van der Waals surface area contributed by atoms with E-state index in [0.29, 0.717) is 0 Å². The second-order valence-corrected chi connectivity index (χ2v) is 5.55. The van der Waals surface area contributed by atoms with Gasteiger partial charge in [-0.1, -0.05) is 22.0 Å². The van der Waals surface area contributed by atoms with E-state index in [9.17, 15) is 4.79 Å². The SMILES string of the molecule is O=C(O)c1ccc(CSc2cccc(Br)c2)nc1. The number of hydrogen-bond acceptors (Lipinski definition) is 3. The molecule has 2 rings (SSSR count). The minimum Gasteiger partial charge on any atom is -0.478 e. The average molecular weight is 324 g/mol. The number of carboxylic acids is 1. The summed E-state index contributed by atoms with van der Waals surface area (Å²) in [7, 11) is 0. The van der Waals surface area contributed by atoms with E-state index in [-0.39, 0.29) is 5.56 Å². The van der Waals surface area contributed by atoms with Gasteiger partial charge in [0, 0.05) is 21.3 Å². The molecule has 0 saturated carbocycles. The number of pyridine rings is 1. The molecule has 92 valence electrons. The van der Waals surface area contributed by atoms with Crippen molar-refractivity contribution in [3.63, 3.8) is 0 Å². The fourth-order valence-electron chi connectivity index (χ4n) is 1.35. The van der Waals surface area contributed by atoms with Crippen LogP contribution in [0.15, 0.2) is 52.0 Å². The molecule has 0 atom stereocenters. The minimum absolute atomic E-state index is 0.214. The number of aromatic nitrogens is 1. The summed E-state index contributed by atoms with van der Waals surface area (Å²) in [6, 6.07) is 11.3. The van der Waals surface area contributed by atoms with Crippen LogP contribution in [-0.2, 0) is 5.75 Å². The van der Waals surface area contributed by atoms with Crippen molar-refractivity contribution in [3.05, 3.63) is 58.3 Å². The number of rotatable bonds is 4. The van der Waals surface area contributed by atoms with E-state index >= 15 is 0 Å². The molecule has 0 aliphatic rings. The maximum absolute atomic E-state index is 10.7. The van der Waals surface area contributed by atoms with E-state index in [1.54, 1.807) is 23.9 Å². The fraction of sp³-hybridized carbons (Fsp3) is 0.0769. The third-order valence-electron chi connectivity index (χ3n) is 2.25. The highest BCUT2D eigenvalue weighted by molar-refractivity contribution is 9.10. The van der Waals surface area contributed by atoms with Crippen molar-refractivity contribution in [3.8, 4) is 0 Å². The molecule has 1 heterocycles. The standard InChI is InChI=1S/C13H10BrNO2S/c14-10-2-1-3-12(6-10)18-8-11-5-4-9(7-15-11)13(16)17/h1-7H,8H2,(H,16,17). The molecule has 5 heteroatoms. The normalized spacial score (nSPS) is 10.3. The molecule has 0 bridgehead atoms. The van der Waals surface area contributed by atoms with E-state index in [2.05, 4.69) is 20.9 Å². The summed E-state index contributed by atoms with van der Waals surface area (Å²) in [5.41, 5.74) is 1.08. The molecule has 18 heavy (non-hydrogen) atoms. The number of halogens is 1. The first-order valence-electron chi connectivity index (χ1n) is 5.22. The van der Waals surface area contributed by atoms with Gasteiger partial charge in [0.1, 0.15) is 0 Å². The number of carboxylic acid groups (broad SMARTS) is 1. The first kappa shape index (κ1) is 13.1. The van der Waals surface area contributed by atoms with Gasteiger partial charge >= 0.3 is 5.97 Å². The lowest BCUT2D eigenvalue weighted by Crippen LogP contribution is -1.97. The number of hydrogen-bond donors (Lipinski definition) is 1. The summed E-state index contributed by atoms with van der Waals surface area (Å²) in [5, 5.41) is 8.76. The summed E-state index contributed by atoms with van der Waals surface area (Å²) >= 11 is 5.08. The third kappa shape index (κ3) is 3.58. The Morgan fingerprint density at radius 2 is 2.17 bits per heavy atom. The van der Waals surface area contributed by atoms with E-state index in [4.69, 9.17) is 5.11 Å². The van der Waals surface area contributed by atoms with E-state index < -0.39 is 5.97 Å². The van der Waals surface area contributed by atoms with Crippen LogP contribution in [0, 0.1) is 0 Å². The van der Waals surface area contributed by atoms with Gasteiger partial charge in [-0.2, -0.15) is 0 Å². The monoisotopic (exact) mass is 323 g/mol. The molecule has 2 aromatic rings. The van der Waals surface area contributed by atoms with Crippen molar-refractivity contribution in [1.29, 1.82) is 0 Å². The van der Waals surface area contributed by atoms with Gasteiger partial charge in [0.15, 0.2) is 0 Å². The smallest absolute Gasteiger partial charge is 0.337 e. The molecule has 0 amide bonds. The molecule has 0 spiro atoms. The maximum atomic E-state index is 10.7. The fourth-order valence-corrected chi connectivity index (χ4v) is 2.77. The van der Waals surface area contributed by atoms with Gasteiger partial charge < -0.3 is 5.11 Å². The van der Waals surface area contributed by atoms with Crippen molar-refractivity contribution in [1.82, 2.24) is 4.98 Å². The van der Waals surface area contributed by atoms with Crippen LogP contribution in [0.3, 0.4) is 0 Å². The molecule has 0 fully saturated rings. The average Bonchev–Trinajstić information content (AvgIpc) is 2.37. The predicted molar refractivity (Wildman–Crippen MR) is 74.9 cm³/mol. The zero-order valence-electron chi connectivity index (χ0n) is 9.34. The summed E-state index contributed by atoms with van der Waals surface area (Å²) in [6.07, 6.45) is 1.39. The Hall–Kier alpha value is -1.33. The minimum atomic E-state index is -0.950. The Kier molecular flexibility index (Phi) is 4.38. The van der Waals surface area contributed by atoms with Crippen molar-refractivity contribution in [2.24, 2.45) is 0 Å². The predicted octanol–water partition coefficient (Wildman–Crippen LogP) is 3.83. The molecule has 0 aliphatic heterocycles. The second-order valence-electron chi connectivity index (χ2n) is 3.59. The van der Waals surface area contributed by atoms with Gasteiger partial charge in [-0.25, -0.2) is 4.79 Å². The van der Waals surface area contributed by atoms with Gasteiger partial charge in [-0.15, -0.1) is 11.8 Å². The van der Waals surface area contributed by atoms with E-state index in [1.807, 2.05) is 24.3 Å². The molecule has 1 aromatic heterocycles. The third-order valence-corrected chi connectivity index (χ3v) is 3.78. The number of carbonyl (C=O) groups is 1. The highest BCUT2D eigenvalue weighted by atomic mass is 79.9. The van der Waals surface area contributed by atoms with Crippen molar-refractivity contribution >= 4 is 33.7 Å². The Bertz CT molecular complexity index is 557. The molecule has 0 saturated heterocycles. The maximum Gasteiger partial charge on any atom is 0.337 e. The van der Waals surface area contributed by atoms with Crippen LogP contribution < -0.4 is 0 Å². The van der Waals surface area contributed by atoms with Crippen molar-refractivity contribution in [2.75, 3.05) is 0 Å². The van der Waals surface area contributed by atoms with Gasteiger partial charge in [0.2, 0.25) is 0 Å². The number of benzene rings is 1. The van der Waals surface area contributed by atoms with Crippen molar-refractivity contribution < 1.29 is 9.90 Å². The van der Waals surface area contributed by atoms with Crippen LogP contribution in [0.5, 0.6) is 0 Å². The zero-order valence-corrected chi connectivity index (χ0v) is 11.7. The Morgan fingerprint density at radius 1 is 1.33 bits per heavy atom. The number of thioether (sulfide) groups is 1. The summed E-state index contributed by atoms with van der Waals surface area (Å²) in [6.45, 7) is 0. The molecule has 0 aliphatic carbocycles. The van der Waals surface area contributed by atoms with Crippen LogP contribution >= 0.6 is 27.7 Å². The number of aromatic carboxylic acids is 1. The summed E-state index contributed by atoms with van der Waals surface area (Å²) in [5.74, 6) is -0.232. The largest absolute Gasteiger partial charge is 0.478 e. The molecule has 0 unspecified atom stereocenters. The molecular formula is C13H10BrNO2S. The van der Waals surface area contributed by atoms with Crippen LogP contribution in [0.25, 0.3) is 0 Å². The van der Waals surface area contributed by atoms with E-state index in [1.165, 1.54) is 6.20 Å². The van der Waals surface area contributed by atoms with Gasteiger partial charge in [-0.3, -0.25) is 4.98 Å². The molecule has 3 nitrogen and oxygen atoms in total. The highest BCUT2D eigenvalue weighted by Crippen LogP contribution is 2.24. The Labute approximate surface area is 117 Å². The van der Waals surface area contributed by atoms with Gasteiger partial charge in [0.25, 0.3) is 0 Å². The highest BCUT2D eigenvalue weighted by Gasteiger charge is 2.03. The molecular weight excluding hydrogens is 314 g/mol. The van der Waals surface area contributed by atoms with Gasteiger partial charge in [0.05, 0.1) is 11.3 Å². The van der Waals surface area contributed by atoms with E-state index in [0.717, 1.165) is 20.8 Å². The lowest BCUT2D eigenvalue weighted by Gasteiger charge is -2.02. The topological polar surface area (TPSA) is 50.2 Å². The van der Waals surface area contributed by atoms with Crippen LogP contribution in [0.2, 0.25) is 0 Å². The summed E-state index contributed by atoms with van der Waals surface area (Å²) in [4.78, 5) is 15.9. The summed E-state index contributed by atoms with van der Waals surface area (Å²) < 4.78 is 1.04. The quantitative estimate of drug-likeness (QED) is 0.868. The van der Waals surface area contributed by atoms with Crippen molar-refractivity contribution in [2.45, 2.75) is 10.6 Å². The van der Waals surface area contributed by atoms with Crippen LogP contribution in [0.4, 0.5) is 0 Å². The van der Waals surface area contributed by atoms with Crippen LogP contribution in [0.1, 0.15) is 16.1 Å². The molecule has 1 N–H and O–H groups in total. The number of nitrogens with zero attached hydrogens (tertiary/aromatic N) is 1. The lowest BCUT2D eigenvalue weighted by atomic mass is 10.2. The molecule has 0 radical (unpaired) electrons. The second kappa shape index (κ2) is 6.02.